The number of piperidine rings is 1. The summed E-state index contributed by atoms with van der Waals surface area (Å²) in [4.78, 5) is 13.3. The maximum Gasteiger partial charge on any atom is 0.451 e. The first-order chi connectivity index (χ1) is 16.3. The number of halogens is 4. The Bertz CT molecular complexity index is 1230. The van der Waals surface area contributed by atoms with Crippen LogP contribution in [0.1, 0.15) is 25.0 Å². The fourth-order valence-electron chi connectivity index (χ4n) is 5.44. The maximum atomic E-state index is 13.1. The Morgan fingerprint density at radius 1 is 1.15 bits per heavy atom. The van der Waals surface area contributed by atoms with Crippen LogP contribution >= 0.6 is 11.6 Å². The standard InChI is InChI=1S/C22H23ClF3N7O/c1-12-10-31(16-2-4-27-15-8-13(23)9-28-18(15)16)5-3-14(12)19-20(34-19)32-6-7-33-17(11-32)29-30-21(33)22(24,25)26/h2,4,8-9,12,14,19-20H,3,5-7,10-11H2,1H3/t12-,14+,19?,20?/m1/s1. The molecule has 2 fully saturated rings. The Kier molecular flexibility index (Phi) is 5.19. The third kappa shape index (κ3) is 3.79. The highest BCUT2D eigenvalue weighted by Crippen LogP contribution is 2.42. The zero-order valence-electron chi connectivity index (χ0n) is 18.4. The van der Waals surface area contributed by atoms with E-state index in [0.29, 0.717) is 35.8 Å². The maximum absolute atomic E-state index is 13.1. The number of pyridine rings is 2. The van der Waals surface area contributed by atoms with E-state index in [2.05, 4.69) is 36.9 Å². The summed E-state index contributed by atoms with van der Waals surface area (Å²) in [6, 6.07) is 3.81. The highest BCUT2D eigenvalue weighted by atomic mass is 35.5. The van der Waals surface area contributed by atoms with Crippen LogP contribution in [-0.2, 0) is 24.0 Å². The second-order valence-electron chi connectivity index (χ2n) is 9.28. The zero-order valence-corrected chi connectivity index (χ0v) is 19.2. The van der Waals surface area contributed by atoms with Gasteiger partial charge in [-0.25, -0.2) is 0 Å². The van der Waals surface area contributed by atoms with Gasteiger partial charge in [-0.15, -0.1) is 10.2 Å². The van der Waals surface area contributed by atoms with Gasteiger partial charge in [-0.1, -0.05) is 18.5 Å². The first-order valence-corrected chi connectivity index (χ1v) is 11.7. The predicted molar refractivity (Wildman–Crippen MR) is 118 cm³/mol. The number of ether oxygens (including phenoxy) is 1. The van der Waals surface area contributed by atoms with Crippen molar-refractivity contribution in [3.63, 3.8) is 0 Å². The monoisotopic (exact) mass is 493 g/mol. The highest BCUT2D eigenvalue weighted by molar-refractivity contribution is 6.31. The van der Waals surface area contributed by atoms with Gasteiger partial charge in [0.15, 0.2) is 0 Å². The van der Waals surface area contributed by atoms with E-state index in [9.17, 15) is 13.2 Å². The van der Waals surface area contributed by atoms with Gasteiger partial charge in [-0.3, -0.25) is 14.9 Å². The minimum Gasteiger partial charge on any atom is -0.369 e. The molecule has 0 amide bonds. The number of hydrogen-bond acceptors (Lipinski definition) is 7. The molecule has 180 valence electrons. The second kappa shape index (κ2) is 8.03. The van der Waals surface area contributed by atoms with Gasteiger partial charge in [0, 0.05) is 38.6 Å². The molecule has 0 aliphatic carbocycles. The smallest absolute Gasteiger partial charge is 0.369 e. The van der Waals surface area contributed by atoms with Crippen molar-refractivity contribution in [2.24, 2.45) is 11.8 Å². The first-order valence-electron chi connectivity index (χ1n) is 11.3. The van der Waals surface area contributed by atoms with Crippen molar-refractivity contribution in [2.45, 2.75) is 44.9 Å². The lowest BCUT2D eigenvalue weighted by Gasteiger charge is -2.38. The Balaban J connectivity index is 1.11. The van der Waals surface area contributed by atoms with Crippen LogP contribution < -0.4 is 4.90 Å². The quantitative estimate of drug-likeness (QED) is 0.516. The van der Waals surface area contributed by atoms with E-state index < -0.39 is 12.0 Å². The van der Waals surface area contributed by atoms with E-state index in [1.54, 1.807) is 12.4 Å². The average molecular weight is 494 g/mol. The number of fused-ring (bicyclic) bond motifs is 2. The van der Waals surface area contributed by atoms with E-state index in [-0.39, 0.29) is 18.9 Å². The van der Waals surface area contributed by atoms with Crippen LogP contribution in [0.5, 0.6) is 0 Å². The van der Waals surface area contributed by atoms with Crippen LogP contribution in [0.2, 0.25) is 5.02 Å². The molecular weight excluding hydrogens is 471 g/mol. The molecule has 4 atom stereocenters. The minimum atomic E-state index is -4.49. The Morgan fingerprint density at radius 3 is 2.79 bits per heavy atom. The summed E-state index contributed by atoms with van der Waals surface area (Å²) in [5.74, 6) is 0.177. The van der Waals surface area contributed by atoms with E-state index >= 15 is 0 Å². The van der Waals surface area contributed by atoms with Crippen LogP contribution in [0.3, 0.4) is 0 Å². The third-order valence-corrected chi connectivity index (χ3v) is 7.36. The lowest BCUT2D eigenvalue weighted by atomic mass is 9.83. The largest absolute Gasteiger partial charge is 0.451 e. The topological polar surface area (TPSA) is 75.5 Å². The molecule has 3 aliphatic rings. The molecule has 0 N–H and O–H groups in total. The Hall–Kier alpha value is -2.50. The number of epoxide rings is 1. The van der Waals surface area contributed by atoms with Crippen LogP contribution in [0, 0.1) is 11.8 Å². The fourth-order valence-corrected chi connectivity index (χ4v) is 5.59. The number of hydrogen-bond donors (Lipinski definition) is 0. The lowest BCUT2D eigenvalue weighted by Crippen LogP contribution is -2.43. The summed E-state index contributed by atoms with van der Waals surface area (Å²) in [6.07, 6.45) is -0.0972. The summed E-state index contributed by atoms with van der Waals surface area (Å²) >= 11 is 6.08. The summed E-state index contributed by atoms with van der Waals surface area (Å²) in [5, 5.41) is 7.71. The molecule has 8 nitrogen and oxygen atoms in total. The first kappa shape index (κ1) is 22.0. The molecule has 3 aromatic heterocycles. The van der Waals surface area contributed by atoms with Crippen LogP contribution in [-0.4, -0.2) is 61.6 Å². The molecule has 2 saturated heterocycles. The van der Waals surface area contributed by atoms with Gasteiger partial charge in [0.2, 0.25) is 5.82 Å². The molecule has 6 heterocycles. The second-order valence-corrected chi connectivity index (χ2v) is 9.71. The molecule has 3 aliphatic heterocycles. The normalized spacial score (nSPS) is 27.7. The highest BCUT2D eigenvalue weighted by Gasteiger charge is 2.52. The van der Waals surface area contributed by atoms with E-state index in [4.69, 9.17) is 16.3 Å². The van der Waals surface area contributed by atoms with Gasteiger partial charge in [0.25, 0.3) is 0 Å². The van der Waals surface area contributed by atoms with Gasteiger partial charge in [-0.05, 0) is 30.4 Å². The molecule has 6 rings (SSSR count). The number of anilines is 1. The summed E-state index contributed by atoms with van der Waals surface area (Å²) < 4.78 is 46.6. The fraction of sp³-hybridized carbons (Fsp3) is 0.545. The molecule has 0 radical (unpaired) electrons. The molecule has 12 heteroatoms. The van der Waals surface area contributed by atoms with E-state index in [1.165, 1.54) is 4.57 Å². The van der Waals surface area contributed by atoms with Crippen molar-refractivity contribution in [1.82, 2.24) is 29.6 Å². The van der Waals surface area contributed by atoms with E-state index in [1.807, 2.05) is 12.1 Å². The average Bonchev–Trinajstić information content (AvgIpc) is 3.47. The summed E-state index contributed by atoms with van der Waals surface area (Å²) in [5.41, 5.74) is 2.67. The summed E-state index contributed by atoms with van der Waals surface area (Å²) in [6.45, 7) is 4.97. The van der Waals surface area contributed by atoms with Crippen LogP contribution in [0.4, 0.5) is 18.9 Å². The van der Waals surface area contributed by atoms with Gasteiger partial charge in [0.05, 0.1) is 22.8 Å². The zero-order chi connectivity index (χ0) is 23.6. The summed E-state index contributed by atoms with van der Waals surface area (Å²) in [7, 11) is 0. The molecule has 3 aromatic rings. The van der Waals surface area contributed by atoms with Crippen molar-refractivity contribution >= 4 is 28.3 Å². The van der Waals surface area contributed by atoms with Gasteiger partial charge >= 0.3 is 6.18 Å². The predicted octanol–water partition coefficient (Wildman–Crippen LogP) is 3.60. The van der Waals surface area contributed by atoms with Gasteiger partial charge in [-0.2, -0.15) is 13.2 Å². The molecule has 0 aromatic carbocycles. The molecule has 0 bridgehead atoms. The number of nitrogens with zero attached hydrogens (tertiary/aromatic N) is 7. The third-order valence-electron chi connectivity index (χ3n) is 7.15. The van der Waals surface area contributed by atoms with Crippen molar-refractivity contribution in [3.8, 4) is 0 Å². The van der Waals surface area contributed by atoms with E-state index in [0.717, 1.165) is 36.2 Å². The number of aromatic nitrogens is 5. The Morgan fingerprint density at radius 2 is 2.00 bits per heavy atom. The molecule has 2 unspecified atom stereocenters. The Labute approximate surface area is 198 Å². The number of alkyl halides is 3. The lowest BCUT2D eigenvalue weighted by molar-refractivity contribution is -0.148. The van der Waals surface area contributed by atoms with Crippen LogP contribution in [0.25, 0.3) is 11.0 Å². The van der Waals surface area contributed by atoms with Gasteiger partial charge in [0.1, 0.15) is 23.7 Å². The molecule has 34 heavy (non-hydrogen) atoms. The van der Waals surface area contributed by atoms with Crippen molar-refractivity contribution in [3.05, 3.63) is 41.2 Å². The SMILES string of the molecule is C[C@@H]1CN(c2ccnc3cc(Cl)cnc23)CC[C@@H]1C1OC1N1CCn2c(nnc2C(F)(F)F)C1. The van der Waals surface area contributed by atoms with Gasteiger partial charge < -0.3 is 14.2 Å². The number of rotatable bonds is 3. The van der Waals surface area contributed by atoms with Crippen molar-refractivity contribution in [2.75, 3.05) is 24.5 Å². The molecule has 0 saturated carbocycles. The molecule has 0 spiro atoms. The van der Waals surface area contributed by atoms with Crippen molar-refractivity contribution < 1.29 is 17.9 Å². The minimum absolute atomic E-state index is 0.0793. The van der Waals surface area contributed by atoms with Crippen LogP contribution in [0.15, 0.2) is 24.5 Å². The molecular formula is C22H23ClF3N7O. The van der Waals surface area contributed by atoms with Crippen molar-refractivity contribution in [1.29, 1.82) is 0 Å².